The average molecular weight is 852 g/mol. The molecule has 1 aromatic carbocycles. The van der Waals surface area contributed by atoms with E-state index in [0.717, 1.165) is 108 Å². The van der Waals surface area contributed by atoms with E-state index < -0.39 is 11.9 Å². The number of ketones is 1. The van der Waals surface area contributed by atoms with E-state index in [-0.39, 0.29) is 41.2 Å². The van der Waals surface area contributed by atoms with E-state index in [1.54, 1.807) is 22.6 Å². The quantitative estimate of drug-likeness (QED) is 0.116. The molecule has 1 unspecified atom stereocenters. The molecule has 6 heterocycles. The Hall–Kier alpha value is -5.45. The van der Waals surface area contributed by atoms with E-state index in [2.05, 4.69) is 53.9 Å². The summed E-state index contributed by atoms with van der Waals surface area (Å²) in [6, 6.07) is 3.22. The van der Waals surface area contributed by atoms with Crippen molar-refractivity contribution in [2.75, 3.05) is 75.7 Å². The van der Waals surface area contributed by atoms with Gasteiger partial charge in [0, 0.05) is 107 Å². The smallest absolute Gasteiger partial charge is 0.263 e. The number of carbonyl (C=O) groups excluding carboxylic acids is 4. The zero-order valence-corrected chi connectivity index (χ0v) is 36.0. The number of allylic oxidation sites excluding steroid dienone is 3. The van der Waals surface area contributed by atoms with E-state index in [1.165, 1.54) is 6.92 Å². The number of piperidine rings is 1. The molecule has 3 aromatic rings. The summed E-state index contributed by atoms with van der Waals surface area (Å²) in [6.07, 6.45) is 9.90. The number of aliphatic imine (C=N–C) groups is 1. The van der Waals surface area contributed by atoms with Crippen LogP contribution in [0.3, 0.4) is 0 Å². The number of nitrogens with one attached hydrogen (secondary N) is 2. The van der Waals surface area contributed by atoms with Gasteiger partial charge >= 0.3 is 0 Å². The van der Waals surface area contributed by atoms with Gasteiger partial charge in [-0.15, -0.1) is 0 Å². The molecular weight excluding hydrogens is 798 g/mol. The molecule has 0 radical (unpaired) electrons. The molecule has 2 N–H and O–H groups in total. The summed E-state index contributed by atoms with van der Waals surface area (Å²) >= 11 is 6.69. The number of pyridine rings is 1. The van der Waals surface area contributed by atoms with Crippen LogP contribution in [0.25, 0.3) is 11.0 Å². The van der Waals surface area contributed by atoms with Gasteiger partial charge in [0.1, 0.15) is 17.5 Å². The highest BCUT2D eigenvalue weighted by Gasteiger charge is 2.40. The van der Waals surface area contributed by atoms with E-state index in [4.69, 9.17) is 16.6 Å². The number of benzene rings is 1. The van der Waals surface area contributed by atoms with E-state index in [9.17, 15) is 24.0 Å². The van der Waals surface area contributed by atoms with E-state index in [0.29, 0.717) is 51.9 Å². The third-order valence-corrected chi connectivity index (χ3v) is 13.3. The average Bonchev–Trinajstić information content (AvgIpc) is 3.90. The predicted molar refractivity (Wildman–Crippen MR) is 235 cm³/mol. The van der Waals surface area contributed by atoms with Crippen molar-refractivity contribution in [3.05, 3.63) is 79.6 Å². The van der Waals surface area contributed by atoms with Crippen LogP contribution >= 0.6 is 11.6 Å². The van der Waals surface area contributed by atoms with Gasteiger partial charge in [-0.05, 0) is 82.2 Å². The lowest BCUT2D eigenvalue weighted by molar-refractivity contribution is -0.136. The third kappa shape index (κ3) is 8.70. The topological polar surface area (TPSA) is 169 Å². The van der Waals surface area contributed by atoms with Gasteiger partial charge in [0.25, 0.3) is 11.5 Å². The fourth-order valence-electron chi connectivity index (χ4n) is 9.52. The normalized spacial score (nSPS) is 21.1. The molecule has 1 atom stereocenters. The molecule has 4 aliphatic heterocycles. The van der Waals surface area contributed by atoms with Crippen molar-refractivity contribution in [2.24, 2.45) is 4.99 Å². The number of carbonyl (C=O) groups is 4. The first-order valence-corrected chi connectivity index (χ1v) is 21.7. The van der Waals surface area contributed by atoms with Gasteiger partial charge < -0.3 is 20.0 Å². The minimum atomic E-state index is -0.669. The number of anilines is 2. The van der Waals surface area contributed by atoms with Crippen molar-refractivity contribution in [1.29, 1.82) is 0 Å². The van der Waals surface area contributed by atoms with Gasteiger partial charge in [-0.2, -0.15) is 4.98 Å². The Labute approximate surface area is 360 Å². The summed E-state index contributed by atoms with van der Waals surface area (Å²) in [5, 5.41) is 6.62. The molecule has 2 aromatic heterocycles. The van der Waals surface area contributed by atoms with Gasteiger partial charge in [0.05, 0.1) is 16.1 Å². The zero-order chi connectivity index (χ0) is 42.9. The van der Waals surface area contributed by atoms with Gasteiger partial charge in [0.15, 0.2) is 5.78 Å². The number of hydrogen-bond donors (Lipinski definition) is 2. The van der Waals surface area contributed by atoms with Crippen LogP contribution in [0.15, 0.2) is 51.8 Å². The maximum Gasteiger partial charge on any atom is 0.263 e. The lowest BCUT2D eigenvalue weighted by Gasteiger charge is -2.39. The number of piperazine rings is 2. The van der Waals surface area contributed by atoms with Crippen LogP contribution in [0.4, 0.5) is 11.6 Å². The molecule has 8 rings (SSSR count). The Balaban J connectivity index is 0.818. The lowest BCUT2D eigenvalue weighted by atomic mass is 10.0. The number of aryl methyl sites for hydroxylation is 1. The first-order chi connectivity index (χ1) is 29.4. The molecule has 1 saturated carbocycles. The van der Waals surface area contributed by atoms with Crippen molar-refractivity contribution in [3.8, 4) is 0 Å². The maximum atomic E-state index is 13.6. The van der Waals surface area contributed by atoms with Crippen LogP contribution in [0, 0.1) is 6.92 Å². The lowest BCUT2D eigenvalue weighted by Crippen LogP contribution is -2.52. The van der Waals surface area contributed by atoms with Crippen molar-refractivity contribution in [3.63, 3.8) is 0 Å². The fraction of sp³-hybridized carbons (Fsp3) is 0.500. The molecule has 322 valence electrons. The second-order valence-corrected chi connectivity index (χ2v) is 17.2. The summed E-state index contributed by atoms with van der Waals surface area (Å²) in [4.78, 5) is 88.3. The third-order valence-electron chi connectivity index (χ3n) is 13.0. The first kappa shape index (κ1) is 42.2. The number of imide groups is 1. The summed E-state index contributed by atoms with van der Waals surface area (Å²) in [6.45, 7) is 18.6. The molecule has 3 saturated heterocycles. The number of amides is 3. The summed E-state index contributed by atoms with van der Waals surface area (Å²) in [5.41, 5.74) is 4.41. The maximum absolute atomic E-state index is 13.6. The molecule has 3 amide bonds. The molecule has 0 spiro atoms. The van der Waals surface area contributed by atoms with Crippen LogP contribution < -0.4 is 21.1 Å². The first-order valence-electron chi connectivity index (χ1n) is 21.4. The number of halogens is 1. The predicted octanol–water partition coefficient (Wildman–Crippen LogP) is 4.13. The van der Waals surface area contributed by atoms with Crippen LogP contribution in [0.5, 0.6) is 0 Å². The minimum Gasteiger partial charge on any atom is -0.372 e. The van der Waals surface area contributed by atoms with Gasteiger partial charge in [-0.25, -0.2) is 9.98 Å². The molecule has 16 nitrogen and oxygen atoms in total. The molecule has 0 bridgehead atoms. The van der Waals surface area contributed by atoms with Crippen LogP contribution in [-0.4, -0.2) is 136 Å². The Morgan fingerprint density at radius 2 is 1.66 bits per heavy atom. The number of hydrogen-bond acceptors (Lipinski definition) is 13. The molecular formula is C44H54ClN11O5. The van der Waals surface area contributed by atoms with Crippen molar-refractivity contribution in [1.82, 2.24) is 39.5 Å². The Kier molecular flexibility index (Phi) is 12.4. The SMILES string of the molecule is C=N/C(=C\C=C(/C)N1CCN(CCN2CCN(c3cc(Cl)c4c(c3)CN(C3CCC(=O)NC3=O)C4=O)CC2)CC1)Nc1ncc2c(C)c(C(C)=O)c(=O)n(C3CCCC3)c2n1. The zero-order valence-electron chi connectivity index (χ0n) is 35.2. The van der Waals surface area contributed by atoms with E-state index in [1.807, 2.05) is 24.3 Å². The number of fused-ring (bicyclic) bond motifs is 2. The monoisotopic (exact) mass is 851 g/mol. The molecule has 4 fully saturated rings. The summed E-state index contributed by atoms with van der Waals surface area (Å²) in [5.74, 6) is -0.458. The molecule has 1 aliphatic carbocycles. The molecule has 5 aliphatic rings. The number of nitrogens with zero attached hydrogens (tertiary/aromatic N) is 9. The van der Waals surface area contributed by atoms with Crippen molar-refractivity contribution < 1.29 is 19.2 Å². The van der Waals surface area contributed by atoms with Crippen LogP contribution in [0.2, 0.25) is 5.02 Å². The number of aromatic nitrogens is 3. The van der Waals surface area contributed by atoms with E-state index >= 15 is 0 Å². The summed E-state index contributed by atoms with van der Waals surface area (Å²) in [7, 11) is 0. The summed E-state index contributed by atoms with van der Waals surface area (Å²) < 4.78 is 1.70. The Bertz CT molecular complexity index is 2390. The highest BCUT2D eigenvalue weighted by Crippen LogP contribution is 2.36. The van der Waals surface area contributed by atoms with Crippen molar-refractivity contribution >= 4 is 64.5 Å². The standard InChI is InChI=1S/C44H54ClN11O5/c1-27(9-11-36(46-4)48-44-47-25-33-28(2)38(29(3)57)43(61)56(40(33)50-44)31-7-5-6-8-31)53-19-15-51(16-20-53)13-14-52-17-21-54(22-18-52)32-23-30-26-55(42(60)39(30)34(45)24-32)35-10-12-37(58)49-41(35)59/h9,11,23-25,31,35H,4-8,10,12-22,26H2,1-3H3,(H,47,48,50)(H,49,58,59)/b27-9+,36-11+. The minimum absolute atomic E-state index is 0.00577. The molecule has 17 heteroatoms. The highest BCUT2D eigenvalue weighted by atomic mass is 35.5. The second-order valence-electron chi connectivity index (χ2n) is 16.8. The number of Topliss-reactive ketones (excluding diaryl/α,β-unsaturated/α-hetero) is 1. The largest absolute Gasteiger partial charge is 0.372 e. The van der Waals surface area contributed by atoms with Gasteiger partial charge in [-0.3, -0.25) is 43.7 Å². The van der Waals surface area contributed by atoms with Crippen molar-refractivity contribution in [2.45, 2.75) is 77.9 Å². The second kappa shape index (κ2) is 17.9. The van der Waals surface area contributed by atoms with Gasteiger partial charge in [-0.1, -0.05) is 24.4 Å². The Morgan fingerprint density at radius 3 is 2.31 bits per heavy atom. The highest BCUT2D eigenvalue weighted by molar-refractivity contribution is 6.34. The van der Waals surface area contributed by atoms with Gasteiger partial charge in [0.2, 0.25) is 17.8 Å². The van der Waals surface area contributed by atoms with Crippen LogP contribution in [0.1, 0.15) is 90.3 Å². The Morgan fingerprint density at radius 1 is 0.967 bits per heavy atom. The molecule has 61 heavy (non-hydrogen) atoms. The number of rotatable bonds is 12. The fourth-order valence-corrected chi connectivity index (χ4v) is 9.84. The van der Waals surface area contributed by atoms with Crippen LogP contribution in [-0.2, 0) is 16.1 Å².